The molecule has 0 saturated carbocycles. The number of hydrogen-bond donors (Lipinski definition) is 1. The summed E-state index contributed by atoms with van der Waals surface area (Å²) in [6.07, 6.45) is 5.08. The van der Waals surface area contributed by atoms with E-state index in [1.54, 1.807) is 26.6 Å². The first-order valence-electron chi connectivity index (χ1n) is 14.0. The van der Waals surface area contributed by atoms with Gasteiger partial charge in [-0.05, 0) is 38.3 Å². The van der Waals surface area contributed by atoms with E-state index in [9.17, 15) is 19.5 Å². The highest BCUT2D eigenvalue weighted by Gasteiger charge is 2.78. The minimum absolute atomic E-state index is 0.0337. The molecular formula is C29H38N6O5. The van der Waals surface area contributed by atoms with E-state index in [-0.39, 0.29) is 44.1 Å². The molecule has 2 unspecified atom stereocenters. The number of aliphatic hydroxyl groups is 1. The van der Waals surface area contributed by atoms with E-state index in [1.165, 1.54) is 4.90 Å². The average Bonchev–Trinajstić information content (AvgIpc) is 3.64. The summed E-state index contributed by atoms with van der Waals surface area (Å²) in [6.45, 7) is 12.4. The number of amides is 3. The van der Waals surface area contributed by atoms with Crippen LogP contribution in [0.1, 0.15) is 33.1 Å². The molecule has 1 aromatic carbocycles. The van der Waals surface area contributed by atoms with Crippen LogP contribution in [0.5, 0.6) is 0 Å². The number of para-hydroxylation sites is 1. The van der Waals surface area contributed by atoms with Gasteiger partial charge in [-0.1, -0.05) is 36.4 Å². The lowest BCUT2D eigenvalue weighted by Gasteiger charge is -2.36. The van der Waals surface area contributed by atoms with Crippen molar-refractivity contribution in [3.63, 3.8) is 0 Å². The van der Waals surface area contributed by atoms with Crippen LogP contribution in [0.2, 0.25) is 0 Å². The number of carbonyl (C=O) groups excluding carboxylic acids is 3. The second-order valence-corrected chi connectivity index (χ2v) is 11.1. The Kier molecular flexibility index (Phi) is 7.54. The third-order valence-electron chi connectivity index (χ3n) is 8.66. The summed E-state index contributed by atoms with van der Waals surface area (Å²) in [4.78, 5) is 47.2. The van der Waals surface area contributed by atoms with E-state index < -0.39 is 29.1 Å². The molecule has 2 bridgehead atoms. The van der Waals surface area contributed by atoms with Crippen molar-refractivity contribution in [1.82, 2.24) is 29.7 Å². The molecule has 11 nitrogen and oxygen atoms in total. The maximum atomic E-state index is 14.4. The average molecular weight is 551 g/mol. The number of benzene rings is 1. The summed E-state index contributed by atoms with van der Waals surface area (Å²) in [5.74, 6) is -2.36. The molecule has 4 heterocycles. The molecule has 3 aliphatic rings. The van der Waals surface area contributed by atoms with Gasteiger partial charge in [0.25, 0.3) is 0 Å². The number of carbonyl (C=O) groups is 3. The Morgan fingerprint density at radius 3 is 2.60 bits per heavy atom. The Balaban J connectivity index is 1.53. The van der Waals surface area contributed by atoms with Crippen molar-refractivity contribution in [1.29, 1.82) is 0 Å². The molecule has 1 spiro atoms. The Hall–Kier alpha value is -3.57. The molecule has 11 heteroatoms. The number of rotatable bonds is 12. The third-order valence-corrected chi connectivity index (χ3v) is 8.66. The van der Waals surface area contributed by atoms with E-state index in [0.29, 0.717) is 31.4 Å². The number of likely N-dealkylation sites (tertiary alicyclic amines) is 1. The molecule has 1 aromatic heterocycles. The SMILES string of the molecule is C=CCN(Cn1nnc2ccccc21)C(=O)C1N(CCO)C(=O)[C@@H]2[C@H](C(=O)N(CC=C)CCC)[C@]3(C)CCC12O3. The quantitative estimate of drug-likeness (QED) is 0.399. The molecule has 0 radical (unpaired) electrons. The number of aliphatic hydroxyl groups excluding tert-OH is 1. The lowest BCUT2D eigenvalue weighted by Crippen LogP contribution is -2.57. The van der Waals surface area contributed by atoms with Crippen LogP contribution >= 0.6 is 0 Å². The van der Waals surface area contributed by atoms with E-state index >= 15 is 0 Å². The van der Waals surface area contributed by atoms with Gasteiger partial charge in [0.05, 0.1) is 29.6 Å². The van der Waals surface area contributed by atoms with E-state index in [0.717, 1.165) is 11.9 Å². The Morgan fingerprint density at radius 1 is 1.18 bits per heavy atom. The van der Waals surface area contributed by atoms with Crippen molar-refractivity contribution >= 4 is 28.8 Å². The molecule has 5 rings (SSSR count). The number of fused-ring (bicyclic) bond motifs is 2. The van der Waals surface area contributed by atoms with Gasteiger partial charge >= 0.3 is 0 Å². The summed E-state index contributed by atoms with van der Waals surface area (Å²) in [6, 6.07) is 6.47. The highest BCUT2D eigenvalue weighted by atomic mass is 16.5. The molecule has 3 fully saturated rings. The van der Waals surface area contributed by atoms with Crippen LogP contribution in [-0.4, -0.2) is 103 Å². The zero-order chi connectivity index (χ0) is 28.7. The number of hydrogen-bond acceptors (Lipinski definition) is 7. The summed E-state index contributed by atoms with van der Waals surface area (Å²) >= 11 is 0. The van der Waals surface area contributed by atoms with Crippen molar-refractivity contribution < 1.29 is 24.2 Å². The van der Waals surface area contributed by atoms with Gasteiger partial charge in [-0.25, -0.2) is 4.68 Å². The molecule has 2 aromatic rings. The normalized spacial score (nSPS) is 28.6. The summed E-state index contributed by atoms with van der Waals surface area (Å²) in [5.41, 5.74) is -0.577. The van der Waals surface area contributed by atoms with Crippen LogP contribution < -0.4 is 0 Å². The van der Waals surface area contributed by atoms with Crippen LogP contribution in [-0.2, 0) is 25.8 Å². The predicted molar refractivity (Wildman–Crippen MR) is 148 cm³/mol. The number of aromatic nitrogens is 3. The first-order chi connectivity index (χ1) is 19.3. The highest BCUT2D eigenvalue weighted by Crippen LogP contribution is 2.63. The number of ether oxygens (including phenoxy) is 1. The van der Waals surface area contributed by atoms with Gasteiger partial charge in [-0.3, -0.25) is 14.4 Å². The summed E-state index contributed by atoms with van der Waals surface area (Å²) < 4.78 is 8.34. The van der Waals surface area contributed by atoms with Gasteiger partial charge < -0.3 is 24.5 Å². The van der Waals surface area contributed by atoms with Gasteiger partial charge in [0, 0.05) is 26.2 Å². The zero-order valence-corrected chi connectivity index (χ0v) is 23.2. The van der Waals surface area contributed by atoms with Gasteiger partial charge in [0.1, 0.15) is 23.8 Å². The lowest BCUT2D eigenvalue weighted by atomic mass is 9.66. The fourth-order valence-corrected chi connectivity index (χ4v) is 7.07. The van der Waals surface area contributed by atoms with Gasteiger partial charge in [-0.2, -0.15) is 0 Å². The largest absolute Gasteiger partial charge is 0.395 e. The Labute approximate surface area is 234 Å². The first-order valence-corrected chi connectivity index (χ1v) is 14.0. The molecule has 3 saturated heterocycles. The van der Waals surface area contributed by atoms with Crippen LogP contribution in [0, 0.1) is 11.8 Å². The lowest BCUT2D eigenvalue weighted by molar-refractivity contribution is -0.154. The van der Waals surface area contributed by atoms with Crippen molar-refractivity contribution in [3.8, 4) is 0 Å². The van der Waals surface area contributed by atoms with E-state index in [1.807, 2.05) is 38.1 Å². The molecule has 214 valence electrons. The van der Waals surface area contributed by atoms with Crippen LogP contribution in [0.4, 0.5) is 0 Å². The second-order valence-electron chi connectivity index (χ2n) is 11.1. The van der Waals surface area contributed by atoms with Gasteiger partial charge in [-0.15, -0.1) is 18.3 Å². The van der Waals surface area contributed by atoms with Crippen molar-refractivity contribution in [3.05, 3.63) is 49.6 Å². The fraction of sp³-hybridized carbons (Fsp3) is 0.552. The fourth-order valence-electron chi connectivity index (χ4n) is 7.07. The molecular weight excluding hydrogens is 512 g/mol. The minimum Gasteiger partial charge on any atom is -0.395 e. The smallest absolute Gasteiger partial charge is 0.250 e. The molecule has 3 amide bonds. The Morgan fingerprint density at radius 2 is 1.90 bits per heavy atom. The highest BCUT2D eigenvalue weighted by molar-refractivity contribution is 5.99. The summed E-state index contributed by atoms with van der Waals surface area (Å²) in [5, 5.41) is 18.3. The maximum absolute atomic E-state index is 14.4. The molecule has 40 heavy (non-hydrogen) atoms. The standard InChI is InChI=1S/C29H38N6O5/c1-5-14-32(15-6-2)25(37)22-23-26(38)34(17-18-36)24(29(23)13-12-28(22,4)40-29)27(39)33(16-7-3)19-35-21-11-9-8-10-20(21)30-31-35/h5,7-11,22-24,36H,1,3,6,12-19H2,2,4H3/t22-,23+,24?,28+,29?/m1/s1. The summed E-state index contributed by atoms with van der Waals surface area (Å²) in [7, 11) is 0. The molecule has 1 N–H and O–H groups in total. The topological polar surface area (TPSA) is 121 Å². The van der Waals surface area contributed by atoms with Gasteiger partial charge in [0.2, 0.25) is 17.7 Å². The van der Waals surface area contributed by atoms with Crippen molar-refractivity contribution in [2.45, 2.75) is 57.0 Å². The predicted octanol–water partition coefficient (Wildman–Crippen LogP) is 1.59. The van der Waals surface area contributed by atoms with Gasteiger partial charge in [0.15, 0.2) is 0 Å². The van der Waals surface area contributed by atoms with Crippen LogP contribution in [0.15, 0.2) is 49.6 Å². The molecule has 3 aliphatic heterocycles. The van der Waals surface area contributed by atoms with E-state index in [2.05, 4.69) is 23.5 Å². The Bertz CT molecular complexity index is 1330. The number of nitrogens with zero attached hydrogens (tertiary/aromatic N) is 6. The minimum atomic E-state index is -1.17. The zero-order valence-electron chi connectivity index (χ0n) is 23.2. The van der Waals surface area contributed by atoms with E-state index in [4.69, 9.17) is 4.74 Å². The maximum Gasteiger partial charge on any atom is 0.250 e. The second kappa shape index (κ2) is 10.8. The van der Waals surface area contributed by atoms with Crippen molar-refractivity contribution in [2.24, 2.45) is 11.8 Å². The monoisotopic (exact) mass is 550 g/mol. The molecule has 0 aliphatic carbocycles. The van der Waals surface area contributed by atoms with Crippen LogP contribution in [0.25, 0.3) is 11.0 Å². The third kappa shape index (κ3) is 4.23. The van der Waals surface area contributed by atoms with Crippen LogP contribution in [0.3, 0.4) is 0 Å². The molecule has 5 atom stereocenters. The van der Waals surface area contributed by atoms with Crippen molar-refractivity contribution in [2.75, 3.05) is 32.8 Å². The first kappa shape index (κ1) is 28.0. The number of β-amino-alcohol motifs (C(OH)–C–C–N with tert-alkyl or cyclic N) is 1.